The van der Waals surface area contributed by atoms with Crippen molar-refractivity contribution < 1.29 is 9.63 Å². The third-order valence-corrected chi connectivity index (χ3v) is 11.0. The average molecular weight is 545 g/mol. The van der Waals surface area contributed by atoms with Crippen LogP contribution in [0.1, 0.15) is 62.4 Å². The number of oxime groups is 1. The lowest BCUT2D eigenvalue weighted by Gasteiger charge is -2.57. The first-order valence-electron chi connectivity index (χ1n) is 15.0. The summed E-state index contributed by atoms with van der Waals surface area (Å²) in [5, 5.41) is 7.51. The number of carbonyl (C=O) groups is 1. The molecule has 1 amide bonds. The van der Waals surface area contributed by atoms with Gasteiger partial charge in [0.05, 0.1) is 5.92 Å². The largest absolute Gasteiger partial charge is 0.384 e. The molecule has 3 aliphatic carbocycles. The molecule has 0 N–H and O–H groups in total. The van der Waals surface area contributed by atoms with E-state index in [4.69, 9.17) is 9.99 Å². The van der Waals surface area contributed by atoms with Crippen LogP contribution in [0.5, 0.6) is 0 Å². The van der Waals surface area contributed by atoms with Gasteiger partial charge >= 0.3 is 0 Å². The number of hydrogen-bond acceptors (Lipinski definition) is 3. The van der Waals surface area contributed by atoms with Crippen LogP contribution in [0.3, 0.4) is 0 Å². The first-order chi connectivity index (χ1) is 20.7. The van der Waals surface area contributed by atoms with E-state index < -0.39 is 11.0 Å². The molecule has 0 saturated carbocycles. The Bertz CT molecular complexity index is 2000. The molecule has 2 bridgehead atoms. The molecule has 11 rings (SSSR count). The summed E-state index contributed by atoms with van der Waals surface area (Å²) >= 11 is 0. The SMILES string of the molecule is Cc1ccc(C2=NOC34C5c6ccccc6C(c6ccccc65)C23C(=O)N2CCc3c(ccc5ccccc35)[C@@H]24)cc1. The van der Waals surface area contributed by atoms with Gasteiger partial charge in [-0.1, -0.05) is 120 Å². The molecule has 202 valence electrons. The van der Waals surface area contributed by atoms with Gasteiger partial charge in [-0.05, 0) is 57.5 Å². The standard InChI is InChI=1S/C38H28N2O2/c1-22-14-16-24(17-15-22)34-37-32-27-10-4-6-12-29(27)33(30-13-7-5-11-28(30)32)38(37,42-39-34)35-31-19-18-23-8-2-3-9-25(23)26(31)20-21-40(35)36(37)41/h2-19,32-33,35H,20-21H2,1H3/t32?,33?,35-,37?,38?/m1/s1. The van der Waals surface area contributed by atoms with Crippen molar-refractivity contribution in [3.8, 4) is 0 Å². The van der Waals surface area contributed by atoms with E-state index in [2.05, 4.69) is 121 Å². The number of fused-ring (bicyclic) bond motifs is 5. The average Bonchev–Trinajstić information content (AvgIpc) is 3.52. The quantitative estimate of drug-likeness (QED) is 0.227. The van der Waals surface area contributed by atoms with Gasteiger partial charge in [-0.3, -0.25) is 4.79 Å². The van der Waals surface area contributed by atoms with Crippen LogP contribution in [0.2, 0.25) is 0 Å². The van der Waals surface area contributed by atoms with E-state index in [-0.39, 0.29) is 23.8 Å². The van der Waals surface area contributed by atoms with E-state index in [1.165, 1.54) is 49.7 Å². The second kappa shape index (κ2) is 7.57. The molecule has 0 aromatic heterocycles. The minimum Gasteiger partial charge on any atom is -0.384 e. The molecule has 0 radical (unpaired) electrons. The maximum absolute atomic E-state index is 15.5. The van der Waals surface area contributed by atoms with Gasteiger partial charge in [-0.25, -0.2) is 0 Å². The van der Waals surface area contributed by atoms with E-state index >= 15 is 4.79 Å². The summed E-state index contributed by atoms with van der Waals surface area (Å²) in [5.74, 6) is -0.181. The van der Waals surface area contributed by atoms with Gasteiger partial charge in [0.2, 0.25) is 5.91 Å². The lowest BCUT2D eigenvalue weighted by atomic mass is 9.43. The Hall–Kier alpha value is -4.70. The van der Waals surface area contributed by atoms with Gasteiger partial charge in [0, 0.05) is 18.0 Å². The summed E-state index contributed by atoms with van der Waals surface area (Å²) in [4.78, 5) is 24.7. The maximum Gasteiger partial charge on any atom is 0.241 e. The van der Waals surface area contributed by atoms with E-state index in [9.17, 15) is 0 Å². The highest BCUT2D eigenvalue weighted by molar-refractivity contribution is 6.22. The Kier molecular flexibility index (Phi) is 4.13. The van der Waals surface area contributed by atoms with E-state index in [0.29, 0.717) is 6.54 Å². The van der Waals surface area contributed by atoms with Crippen LogP contribution < -0.4 is 0 Å². The monoisotopic (exact) mass is 544 g/mol. The van der Waals surface area contributed by atoms with Crippen molar-refractivity contribution in [2.75, 3.05) is 6.54 Å². The maximum atomic E-state index is 15.5. The molecule has 4 heteroatoms. The number of carbonyl (C=O) groups excluding carboxylic acids is 1. The summed E-state index contributed by atoms with van der Waals surface area (Å²) in [7, 11) is 0. The number of rotatable bonds is 1. The molecule has 5 aromatic carbocycles. The van der Waals surface area contributed by atoms with Gasteiger partial charge in [0.1, 0.15) is 11.8 Å². The van der Waals surface area contributed by atoms with Crippen LogP contribution in [0.4, 0.5) is 0 Å². The molecule has 3 heterocycles. The second-order valence-corrected chi connectivity index (χ2v) is 12.6. The first-order valence-corrected chi connectivity index (χ1v) is 15.0. The Morgan fingerprint density at radius 3 is 2.10 bits per heavy atom. The molecule has 2 unspecified atom stereocenters. The third-order valence-electron chi connectivity index (χ3n) is 11.0. The molecule has 3 aliphatic heterocycles. The summed E-state index contributed by atoms with van der Waals surface area (Å²) in [6, 6.07) is 38.8. The van der Waals surface area contributed by atoms with Crippen molar-refractivity contribution in [3.05, 3.63) is 154 Å². The van der Waals surface area contributed by atoms with Crippen LogP contribution in [-0.4, -0.2) is 28.7 Å². The highest BCUT2D eigenvalue weighted by atomic mass is 16.7. The zero-order chi connectivity index (χ0) is 27.8. The molecule has 4 nitrogen and oxygen atoms in total. The molecule has 5 aromatic rings. The van der Waals surface area contributed by atoms with E-state index in [0.717, 1.165) is 17.7 Å². The molecule has 3 atom stereocenters. The summed E-state index contributed by atoms with van der Waals surface area (Å²) in [5.41, 5.74) is 8.57. The first kappa shape index (κ1) is 22.9. The fourth-order valence-electron chi connectivity index (χ4n) is 9.56. The molecule has 6 aliphatic rings. The van der Waals surface area contributed by atoms with Gasteiger partial charge in [-0.2, -0.15) is 0 Å². The predicted octanol–water partition coefficient (Wildman–Crippen LogP) is 7.04. The fourth-order valence-corrected chi connectivity index (χ4v) is 9.56. The van der Waals surface area contributed by atoms with Crippen molar-refractivity contribution in [2.45, 2.75) is 36.8 Å². The Balaban J connectivity index is 1.35. The van der Waals surface area contributed by atoms with E-state index in [1.54, 1.807) is 0 Å². The minimum absolute atomic E-state index is 0.141. The number of nitrogens with zero attached hydrogens (tertiary/aromatic N) is 2. The molecule has 0 spiro atoms. The van der Waals surface area contributed by atoms with Crippen molar-refractivity contribution in [1.82, 2.24) is 4.90 Å². The third kappa shape index (κ3) is 2.34. The molecule has 1 fully saturated rings. The van der Waals surface area contributed by atoms with Crippen molar-refractivity contribution >= 4 is 22.4 Å². The number of hydrogen-bond donors (Lipinski definition) is 0. The Morgan fingerprint density at radius 2 is 1.38 bits per heavy atom. The van der Waals surface area contributed by atoms with Crippen molar-refractivity contribution in [1.29, 1.82) is 0 Å². The topological polar surface area (TPSA) is 41.9 Å². The van der Waals surface area contributed by atoms with Gasteiger partial charge < -0.3 is 9.74 Å². The predicted molar refractivity (Wildman–Crippen MR) is 163 cm³/mol. The lowest BCUT2D eigenvalue weighted by molar-refractivity contribution is -0.140. The Labute approximate surface area is 244 Å². The number of benzene rings is 5. The normalized spacial score (nSPS) is 29.2. The van der Waals surface area contributed by atoms with Gasteiger partial charge in [-0.15, -0.1) is 0 Å². The summed E-state index contributed by atoms with van der Waals surface area (Å²) in [6.07, 6.45) is 0.831. The van der Waals surface area contributed by atoms with Crippen LogP contribution in [0.25, 0.3) is 10.8 Å². The highest BCUT2D eigenvalue weighted by Crippen LogP contribution is 2.77. The molecule has 1 saturated heterocycles. The van der Waals surface area contributed by atoms with Crippen LogP contribution in [-0.2, 0) is 16.1 Å². The lowest BCUT2D eigenvalue weighted by Crippen LogP contribution is -2.64. The minimum atomic E-state index is -0.979. The van der Waals surface area contributed by atoms with Gasteiger partial charge in [0.25, 0.3) is 0 Å². The molecular weight excluding hydrogens is 516 g/mol. The second-order valence-electron chi connectivity index (χ2n) is 12.6. The number of aryl methyl sites for hydroxylation is 1. The van der Waals surface area contributed by atoms with E-state index in [1.807, 2.05) is 0 Å². The summed E-state index contributed by atoms with van der Waals surface area (Å²) in [6.45, 7) is 2.77. The Morgan fingerprint density at radius 1 is 0.738 bits per heavy atom. The van der Waals surface area contributed by atoms with Crippen LogP contribution in [0.15, 0.2) is 114 Å². The fraction of sp³-hybridized carbons (Fsp3) is 0.211. The van der Waals surface area contributed by atoms with Crippen LogP contribution >= 0.6 is 0 Å². The number of amides is 1. The summed E-state index contributed by atoms with van der Waals surface area (Å²) < 4.78 is 0. The molecule has 42 heavy (non-hydrogen) atoms. The van der Waals surface area contributed by atoms with Crippen LogP contribution in [0, 0.1) is 12.3 Å². The molecular formula is C38H28N2O2. The zero-order valence-electron chi connectivity index (χ0n) is 23.2. The zero-order valence-corrected chi connectivity index (χ0v) is 23.2. The smallest absolute Gasteiger partial charge is 0.241 e. The van der Waals surface area contributed by atoms with Gasteiger partial charge in [0.15, 0.2) is 11.0 Å². The van der Waals surface area contributed by atoms with Crippen molar-refractivity contribution in [3.63, 3.8) is 0 Å². The van der Waals surface area contributed by atoms with Crippen molar-refractivity contribution in [2.24, 2.45) is 10.6 Å². The highest BCUT2D eigenvalue weighted by Gasteiger charge is 2.85.